The Hall–Kier alpha value is -2.98. The van der Waals surface area contributed by atoms with E-state index in [1.807, 2.05) is 24.3 Å². The Labute approximate surface area is 221 Å². The van der Waals surface area contributed by atoms with Crippen LogP contribution in [-0.2, 0) is 22.1 Å². The lowest BCUT2D eigenvalue weighted by molar-refractivity contribution is -0.137. The molecule has 3 aliphatic rings. The van der Waals surface area contributed by atoms with Crippen molar-refractivity contribution in [3.05, 3.63) is 53.6 Å². The third kappa shape index (κ3) is 5.71. The molecule has 0 radical (unpaired) electrons. The molecule has 1 N–H and O–H groups in total. The van der Waals surface area contributed by atoms with Crippen molar-refractivity contribution in [3.8, 4) is 5.75 Å². The van der Waals surface area contributed by atoms with Gasteiger partial charge in [-0.05, 0) is 55.3 Å². The average molecular weight is 533 g/mol. The number of nitrogens with one attached hydrogen (secondary N) is 1. The van der Waals surface area contributed by atoms with E-state index >= 15 is 0 Å². The molecule has 0 spiro atoms. The molecule has 38 heavy (non-hydrogen) atoms. The van der Waals surface area contributed by atoms with Gasteiger partial charge in [-0.25, -0.2) is 0 Å². The van der Waals surface area contributed by atoms with Crippen LogP contribution in [0.25, 0.3) is 0 Å². The predicted molar refractivity (Wildman–Crippen MR) is 140 cm³/mol. The van der Waals surface area contributed by atoms with E-state index in [2.05, 4.69) is 20.0 Å². The molecule has 5 rings (SSSR count). The van der Waals surface area contributed by atoms with E-state index in [0.717, 1.165) is 62.5 Å². The first kappa shape index (κ1) is 26.6. The summed E-state index contributed by atoms with van der Waals surface area (Å²) in [6.07, 6.45) is -3.34. The lowest BCUT2D eigenvalue weighted by Crippen LogP contribution is -2.61. The molecule has 2 fully saturated rings. The van der Waals surface area contributed by atoms with Crippen LogP contribution in [-0.4, -0.2) is 83.0 Å². The number of rotatable bonds is 7. The van der Waals surface area contributed by atoms with Crippen molar-refractivity contribution >= 4 is 17.3 Å². The van der Waals surface area contributed by atoms with E-state index in [4.69, 9.17) is 9.47 Å². The normalized spacial score (nSPS) is 22.0. The molecule has 3 heterocycles. The van der Waals surface area contributed by atoms with Crippen molar-refractivity contribution < 1.29 is 27.4 Å². The highest BCUT2D eigenvalue weighted by atomic mass is 19.4. The summed E-state index contributed by atoms with van der Waals surface area (Å²) in [4.78, 5) is 20.2. The van der Waals surface area contributed by atoms with E-state index in [9.17, 15) is 18.0 Å². The third-order valence-electron chi connectivity index (χ3n) is 7.86. The van der Waals surface area contributed by atoms with Gasteiger partial charge in [0.2, 0.25) is 5.91 Å². The largest absolute Gasteiger partial charge is 0.495 e. The minimum absolute atomic E-state index is 0.105. The third-order valence-corrected chi connectivity index (χ3v) is 7.86. The number of para-hydroxylation sites is 2. The molecule has 2 saturated heterocycles. The fourth-order valence-electron chi connectivity index (χ4n) is 5.88. The van der Waals surface area contributed by atoms with Crippen LogP contribution in [0, 0.1) is 5.92 Å². The number of anilines is 2. The van der Waals surface area contributed by atoms with E-state index in [1.165, 1.54) is 6.07 Å². The van der Waals surface area contributed by atoms with Crippen molar-refractivity contribution in [1.29, 1.82) is 0 Å². The van der Waals surface area contributed by atoms with Crippen molar-refractivity contribution in [3.63, 3.8) is 0 Å². The van der Waals surface area contributed by atoms with Crippen LogP contribution in [0.1, 0.15) is 17.5 Å². The van der Waals surface area contributed by atoms with Crippen LogP contribution in [0.2, 0.25) is 0 Å². The minimum atomic E-state index is -4.42. The molecule has 3 aliphatic heterocycles. The van der Waals surface area contributed by atoms with Gasteiger partial charge in [0.15, 0.2) is 0 Å². The summed E-state index contributed by atoms with van der Waals surface area (Å²) in [5, 5.41) is 3.09. The van der Waals surface area contributed by atoms with Crippen molar-refractivity contribution in [2.24, 2.45) is 5.92 Å². The topological polar surface area (TPSA) is 57.3 Å². The second-order valence-corrected chi connectivity index (χ2v) is 10.1. The Morgan fingerprint density at radius 1 is 1.08 bits per heavy atom. The average Bonchev–Trinajstić information content (AvgIpc) is 2.94. The lowest BCUT2D eigenvalue weighted by atomic mass is 9.82. The number of carbonyl (C=O) groups excluding carboxylic acids is 1. The number of piperazine rings is 1. The molecule has 2 aromatic rings. The van der Waals surface area contributed by atoms with Gasteiger partial charge in [0.1, 0.15) is 5.75 Å². The van der Waals surface area contributed by atoms with Crippen molar-refractivity contribution in [2.45, 2.75) is 25.1 Å². The molecule has 2 atom stereocenters. The SMILES string of the molecule is COc1ccccc1N1CCN2c3ccc(C(F)(F)F)cc3C[C@@H](C(=O)NCCCN3CCOCC3)[C@@H]2C1. The summed E-state index contributed by atoms with van der Waals surface area (Å²) in [6, 6.07) is 11.6. The molecule has 0 unspecified atom stereocenters. The number of fused-ring (bicyclic) bond motifs is 3. The Kier molecular flexibility index (Phi) is 7.99. The molecule has 7 nitrogen and oxygen atoms in total. The molecule has 0 aromatic heterocycles. The van der Waals surface area contributed by atoms with Gasteiger partial charge in [0, 0.05) is 45.0 Å². The molecule has 0 bridgehead atoms. The standard InChI is InChI=1S/C28H35F3N4O3/c1-37-26-6-3-2-5-24(26)34-11-12-35-23-8-7-21(28(29,30)31)17-20(23)18-22(25(35)19-34)27(36)32-9-4-10-33-13-15-38-16-14-33/h2-3,5-8,17,22,25H,4,9-16,18-19H2,1H3,(H,32,36)/t22-,25+/m1/s1. The molecular formula is C28H35F3N4O3. The Bertz CT molecular complexity index is 1120. The monoisotopic (exact) mass is 532 g/mol. The number of benzene rings is 2. The fraction of sp³-hybridized carbons (Fsp3) is 0.536. The number of hydrogen-bond donors (Lipinski definition) is 1. The van der Waals surface area contributed by atoms with Crippen LogP contribution < -0.4 is 19.9 Å². The summed E-state index contributed by atoms with van der Waals surface area (Å²) < 4.78 is 51.4. The van der Waals surface area contributed by atoms with Gasteiger partial charge in [-0.1, -0.05) is 12.1 Å². The summed E-state index contributed by atoms with van der Waals surface area (Å²) in [7, 11) is 1.64. The summed E-state index contributed by atoms with van der Waals surface area (Å²) >= 11 is 0. The Balaban J connectivity index is 1.35. The maximum absolute atomic E-state index is 13.5. The number of nitrogens with zero attached hydrogens (tertiary/aromatic N) is 3. The van der Waals surface area contributed by atoms with Crippen LogP contribution in [0.5, 0.6) is 5.75 Å². The molecule has 0 aliphatic carbocycles. The van der Waals surface area contributed by atoms with Gasteiger partial charge in [-0.2, -0.15) is 13.2 Å². The van der Waals surface area contributed by atoms with Gasteiger partial charge in [0.25, 0.3) is 0 Å². The lowest BCUT2D eigenvalue weighted by Gasteiger charge is -2.49. The van der Waals surface area contributed by atoms with Gasteiger partial charge in [-0.3, -0.25) is 9.69 Å². The number of morpholine rings is 1. The summed E-state index contributed by atoms with van der Waals surface area (Å²) in [5.41, 5.74) is 1.65. The number of ether oxygens (including phenoxy) is 2. The molecule has 2 aromatic carbocycles. The molecule has 10 heteroatoms. The zero-order valence-corrected chi connectivity index (χ0v) is 21.7. The quantitative estimate of drug-likeness (QED) is 0.552. The van der Waals surface area contributed by atoms with Crippen molar-refractivity contribution in [2.75, 3.05) is 75.9 Å². The van der Waals surface area contributed by atoms with Gasteiger partial charge >= 0.3 is 6.18 Å². The smallest absolute Gasteiger partial charge is 0.416 e. The van der Waals surface area contributed by atoms with Crippen molar-refractivity contribution in [1.82, 2.24) is 10.2 Å². The first-order chi connectivity index (χ1) is 18.3. The number of alkyl halides is 3. The fourth-order valence-corrected chi connectivity index (χ4v) is 5.88. The second-order valence-electron chi connectivity index (χ2n) is 10.1. The van der Waals surface area contributed by atoms with E-state index in [1.54, 1.807) is 13.2 Å². The summed E-state index contributed by atoms with van der Waals surface area (Å²) in [5.74, 6) is 0.190. The molecule has 0 saturated carbocycles. The number of carbonyl (C=O) groups is 1. The van der Waals surface area contributed by atoms with Gasteiger partial charge in [-0.15, -0.1) is 0 Å². The first-order valence-corrected chi connectivity index (χ1v) is 13.3. The predicted octanol–water partition coefficient (Wildman–Crippen LogP) is 3.42. The highest BCUT2D eigenvalue weighted by molar-refractivity contribution is 5.82. The van der Waals surface area contributed by atoms with Gasteiger partial charge in [0.05, 0.1) is 43.5 Å². The maximum atomic E-state index is 13.5. The van der Waals surface area contributed by atoms with Crippen LogP contribution in [0.15, 0.2) is 42.5 Å². The Morgan fingerprint density at radius 3 is 2.63 bits per heavy atom. The highest BCUT2D eigenvalue weighted by Gasteiger charge is 2.43. The van der Waals surface area contributed by atoms with E-state index < -0.39 is 17.7 Å². The maximum Gasteiger partial charge on any atom is 0.416 e. The van der Waals surface area contributed by atoms with E-state index in [-0.39, 0.29) is 18.4 Å². The van der Waals surface area contributed by atoms with E-state index in [0.29, 0.717) is 31.7 Å². The number of methoxy groups -OCH3 is 1. The molecule has 1 amide bonds. The Morgan fingerprint density at radius 2 is 1.87 bits per heavy atom. The van der Waals surface area contributed by atoms with Crippen LogP contribution in [0.3, 0.4) is 0 Å². The molecular weight excluding hydrogens is 497 g/mol. The zero-order valence-electron chi connectivity index (χ0n) is 21.7. The number of hydrogen-bond acceptors (Lipinski definition) is 6. The number of halogens is 3. The summed E-state index contributed by atoms with van der Waals surface area (Å²) in [6.45, 7) is 6.51. The number of amides is 1. The highest BCUT2D eigenvalue weighted by Crippen LogP contribution is 2.41. The second kappa shape index (κ2) is 11.4. The van der Waals surface area contributed by atoms with Crippen LogP contribution >= 0.6 is 0 Å². The van der Waals surface area contributed by atoms with Gasteiger partial charge < -0.3 is 24.6 Å². The zero-order chi connectivity index (χ0) is 26.7. The molecule has 206 valence electrons. The first-order valence-electron chi connectivity index (χ1n) is 13.3. The van der Waals surface area contributed by atoms with Crippen LogP contribution in [0.4, 0.5) is 24.5 Å². The minimum Gasteiger partial charge on any atom is -0.495 e.